The minimum absolute atomic E-state index is 0.0993. The molecule has 0 aromatic heterocycles. The van der Waals surface area contributed by atoms with Crippen molar-refractivity contribution in [2.75, 3.05) is 73.2 Å². The van der Waals surface area contributed by atoms with Gasteiger partial charge in [0.2, 0.25) is 0 Å². The number of rotatable bonds is 9. The van der Waals surface area contributed by atoms with Crippen molar-refractivity contribution in [2.45, 2.75) is 51.6 Å². The number of ether oxygens (including phenoxy) is 2. The first-order valence-electron chi connectivity index (χ1n) is 11.1. The van der Waals surface area contributed by atoms with Crippen LogP contribution in [0.5, 0.6) is 0 Å². The van der Waals surface area contributed by atoms with Gasteiger partial charge in [-0.2, -0.15) is 0 Å². The highest BCUT2D eigenvalue weighted by Crippen LogP contribution is 2.26. The summed E-state index contributed by atoms with van der Waals surface area (Å²) in [7, 11) is 4.33. The van der Waals surface area contributed by atoms with E-state index in [1.807, 2.05) is 0 Å². The van der Waals surface area contributed by atoms with Gasteiger partial charge in [0.25, 0.3) is 0 Å². The van der Waals surface area contributed by atoms with E-state index in [0.29, 0.717) is 12.0 Å². The van der Waals surface area contributed by atoms with Crippen molar-refractivity contribution in [3.63, 3.8) is 0 Å². The van der Waals surface area contributed by atoms with Gasteiger partial charge >= 0.3 is 0 Å². The number of nitrogens with one attached hydrogen (secondary N) is 2. The lowest BCUT2D eigenvalue weighted by Gasteiger charge is -2.41. The molecule has 1 unspecified atom stereocenters. The molecule has 0 aliphatic carbocycles. The van der Waals surface area contributed by atoms with E-state index in [2.05, 4.69) is 55.3 Å². The van der Waals surface area contributed by atoms with Crippen molar-refractivity contribution >= 4 is 5.96 Å². The molecular weight excluding hydrogens is 354 g/mol. The fraction of sp³-hybridized carbons (Fsp3) is 0.952. The second kappa shape index (κ2) is 12.0. The Morgan fingerprint density at radius 3 is 2.29 bits per heavy atom. The molecule has 28 heavy (non-hydrogen) atoms. The van der Waals surface area contributed by atoms with Crippen LogP contribution in [0, 0.1) is 5.92 Å². The molecule has 0 aromatic carbocycles. The maximum atomic E-state index is 5.59. The van der Waals surface area contributed by atoms with Gasteiger partial charge in [-0.15, -0.1) is 0 Å². The monoisotopic (exact) mass is 397 g/mol. The molecule has 164 valence electrons. The summed E-state index contributed by atoms with van der Waals surface area (Å²) in [6.45, 7) is 14.7. The summed E-state index contributed by atoms with van der Waals surface area (Å²) in [5.41, 5.74) is 0.0993. The Morgan fingerprint density at radius 1 is 1.07 bits per heavy atom. The Bertz CT molecular complexity index is 458. The van der Waals surface area contributed by atoms with Crippen LogP contribution in [0.15, 0.2) is 4.99 Å². The molecule has 2 fully saturated rings. The summed E-state index contributed by atoms with van der Waals surface area (Å²) in [5.74, 6) is 1.60. The lowest BCUT2D eigenvalue weighted by Crippen LogP contribution is -2.53. The molecule has 0 radical (unpaired) electrons. The van der Waals surface area contributed by atoms with Gasteiger partial charge < -0.3 is 25.0 Å². The summed E-state index contributed by atoms with van der Waals surface area (Å²) >= 11 is 0. The first-order valence-corrected chi connectivity index (χ1v) is 11.1. The lowest BCUT2D eigenvalue weighted by molar-refractivity contribution is -0.00258. The average Bonchev–Trinajstić information content (AvgIpc) is 2.70. The van der Waals surface area contributed by atoms with E-state index in [1.165, 1.54) is 6.42 Å². The number of nitrogens with zero attached hydrogens (tertiary/aromatic N) is 3. The Morgan fingerprint density at radius 2 is 1.71 bits per heavy atom. The average molecular weight is 398 g/mol. The molecule has 1 atom stereocenters. The maximum Gasteiger partial charge on any atom is 0.191 e. The first kappa shape index (κ1) is 23.4. The highest BCUT2D eigenvalue weighted by molar-refractivity contribution is 5.79. The molecule has 7 heteroatoms. The minimum atomic E-state index is 0.0993. The van der Waals surface area contributed by atoms with E-state index in [1.54, 1.807) is 0 Å². The molecule has 0 amide bonds. The summed E-state index contributed by atoms with van der Waals surface area (Å²) in [6.07, 6.45) is 3.25. The number of likely N-dealkylation sites (N-methyl/N-ethyl adjacent to an activating group) is 1. The van der Waals surface area contributed by atoms with Crippen LogP contribution in [0.3, 0.4) is 0 Å². The minimum Gasteiger partial charge on any atom is -0.381 e. The molecule has 7 nitrogen and oxygen atoms in total. The third kappa shape index (κ3) is 7.17. The summed E-state index contributed by atoms with van der Waals surface area (Å²) in [5, 5.41) is 7.06. The van der Waals surface area contributed by atoms with Crippen LogP contribution in [0.25, 0.3) is 0 Å². The number of morpholine rings is 1. The number of guanidine groups is 1. The van der Waals surface area contributed by atoms with Gasteiger partial charge in [-0.1, -0.05) is 13.8 Å². The molecule has 2 saturated heterocycles. The molecule has 2 aliphatic rings. The zero-order valence-electron chi connectivity index (χ0n) is 18.8. The van der Waals surface area contributed by atoms with Gasteiger partial charge in [-0.3, -0.25) is 9.89 Å². The van der Waals surface area contributed by atoms with Crippen LogP contribution >= 0.6 is 0 Å². The Hall–Kier alpha value is -0.890. The topological polar surface area (TPSA) is 61.4 Å². The van der Waals surface area contributed by atoms with Gasteiger partial charge in [0.1, 0.15) is 0 Å². The molecule has 0 bridgehead atoms. The van der Waals surface area contributed by atoms with E-state index >= 15 is 0 Å². The Balaban J connectivity index is 1.99. The number of hydrogen-bond donors (Lipinski definition) is 2. The molecule has 2 heterocycles. The number of hydrogen-bond acceptors (Lipinski definition) is 5. The van der Waals surface area contributed by atoms with Crippen LogP contribution in [-0.2, 0) is 9.47 Å². The second-order valence-electron chi connectivity index (χ2n) is 8.74. The van der Waals surface area contributed by atoms with E-state index in [0.717, 1.165) is 78.0 Å². The largest absolute Gasteiger partial charge is 0.381 e. The lowest BCUT2D eigenvalue weighted by atomic mass is 9.89. The van der Waals surface area contributed by atoms with Crippen LogP contribution in [0.4, 0.5) is 0 Å². The normalized spacial score (nSPS) is 22.5. The van der Waals surface area contributed by atoms with Crippen molar-refractivity contribution in [3.8, 4) is 0 Å². The van der Waals surface area contributed by atoms with Gasteiger partial charge in [-0.05, 0) is 46.2 Å². The highest BCUT2D eigenvalue weighted by Gasteiger charge is 2.34. The van der Waals surface area contributed by atoms with E-state index < -0.39 is 0 Å². The zero-order valence-corrected chi connectivity index (χ0v) is 18.8. The quantitative estimate of drug-likeness (QED) is 0.453. The van der Waals surface area contributed by atoms with Crippen molar-refractivity contribution in [2.24, 2.45) is 10.9 Å². The first-order chi connectivity index (χ1) is 13.5. The van der Waals surface area contributed by atoms with E-state index in [4.69, 9.17) is 14.5 Å². The Kier molecular flexibility index (Phi) is 9.99. The SMILES string of the molecule is CCNC(=NCC1(N(C)C)CCOCC1)NCC(CC(C)C)N1CCOCC1. The third-order valence-corrected chi connectivity index (χ3v) is 6.06. The van der Waals surface area contributed by atoms with Gasteiger partial charge in [0.05, 0.1) is 19.8 Å². The fourth-order valence-corrected chi connectivity index (χ4v) is 4.13. The second-order valence-corrected chi connectivity index (χ2v) is 8.74. The molecule has 2 rings (SSSR count). The van der Waals surface area contributed by atoms with Crippen molar-refractivity contribution in [1.29, 1.82) is 0 Å². The highest BCUT2D eigenvalue weighted by atomic mass is 16.5. The predicted molar refractivity (Wildman–Crippen MR) is 116 cm³/mol. The van der Waals surface area contributed by atoms with Crippen LogP contribution in [0.2, 0.25) is 0 Å². The van der Waals surface area contributed by atoms with Crippen LogP contribution in [-0.4, -0.2) is 101 Å². The summed E-state index contributed by atoms with van der Waals surface area (Å²) < 4.78 is 11.1. The summed E-state index contributed by atoms with van der Waals surface area (Å²) in [6, 6.07) is 0.513. The van der Waals surface area contributed by atoms with Gasteiger partial charge in [0, 0.05) is 51.0 Å². The zero-order chi connectivity index (χ0) is 20.4. The molecule has 2 N–H and O–H groups in total. The van der Waals surface area contributed by atoms with Crippen LogP contribution in [0.1, 0.15) is 40.0 Å². The standard InChI is InChI=1S/C21H43N5O2/c1-6-22-20(24-17-21(25(4)5)7-11-27-12-8-21)23-16-19(15-18(2)3)26-9-13-28-14-10-26/h18-19H,6-17H2,1-5H3,(H2,22,23,24). The van der Waals surface area contributed by atoms with Crippen molar-refractivity contribution in [1.82, 2.24) is 20.4 Å². The molecule has 0 spiro atoms. The molecule has 0 saturated carbocycles. The van der Waals surface area contributed by atoms with Crippen LogP contribution < -0.4 is 10.6 Å². The maximum absolute atomic E-state index is 5.59. The Labute approximate surface area is 172 Å². The van der Waals surface area contributed by atoms with Crippen molar-refractivity contribution < 1.29 is 9.47 Å². The van der Waals surface area contributed by atoms with E-state index in [9.17, 15) is 0 Å². The predicted octanol–water partition coefficient (Wildman–Crippen LogP) is 1.40. The molecule has 2 aliphatic heterocycles. The number of aliphatic imine (C=N–C) groups is 1. The summed E-state index contributed by atoms with van der Waals surface area (Å²) in [4.78, 5) is 9.88. The van der Waals surface area contributed by atoms with E-state index in [-0.39, 0.29) is 5.54 Å². The van der Waals surface area contributed by atoms with Gasteiger partial charge in [-0.25, -0.2) is 0 Å². The van der Waals surface area contributed by atoms with Gasteiger partial charge in [0.15, 0.2) is 5.96 Å². The smallest absolute Gasteiger partial charge is 0.191 e. The third-order valence-electron chi connectivity index (χ3n) is 6.06. The molecular formula is C21H43N5O2. The fourth-order valence-electron chi connectivity index (χ4n) is 4.13. The molecule has 0 aromatic rings. The van der Waals surface area contributed by atoms with Crippen molar-refractivity contribution in [3.05, 3.63) is 0 Å².